The van der Waals surface area contributed by atoms with Crippen molar-refractivity contribution in [3.8, 4) is 0 Å². The van der Waals surface area contributed by atoms with Gasteiger partial charge in [-0.25, -0.2) is 18.7 Å². The van der Waals surface area contributed by atoms with Gasteiger partial charge in [-0.1, -0.05) is 17.7 Å². The quantitative estimate of drug-likeness (QED) is 0.942. The molecule has 1 aromatic carbocycles. The van der Waals surface area contributed by atoms with E-state index < -0.39 is 24.0 Å². The van der Waals surface area contributed by atoms with E-state index in [1.54, 1.807) is 0 Å². The van der Waals surface area contributed by atoms with Gasteiger partial charge in [0.1, 0.15) is 11.6 Å². The first kappa shape index (κ1) is 13.4. The van der Waals surface area contributed by atoms with Crippen molar-refractivity contribution in [2.24, 2.45) is 0 Å². The van der Waals surface area contributed by atoms with Gasteiger partial charge in [-0.05, 0) is 12.1 Å². The summed E-state index contributed by atoms with van der Waals surface area (Å²) in [6.07, 6.45) is 2.24. The number of hydrogen-bond donors (Lipinski definition) is 1. The summed E-state index contributed by atoms with van der Waals surface area (Å²) in [6, 6.07) is 3.40. The molecule has 1 heterocycles. The highest BCUT2D eigenvalue weighted by Crippen LogP contribution is 2.16. The summed E-state index contributed by atoms with van der Waals surface area (Å²) in [5.41, 5.74) is -0.306. The summed E-state index contributed by atoms with van der Waals surface area (Å²) in [4.78, 5) is 19.2. The molecule has 2 aromatic rings. The minimum absolute atomic E-state index is 0.00450. The molecule has 19 heavy (non-hydrogen) atoms. The van der Waals surface area contributed by atoms with Crippen molar-refractivity contribution in [1.29, 1.82) is 0 Å². The minimum Gasteiger partial charge on any atom is -0.308 e. The second-order valence-corrected chi connectivity index (χ2v) is 3.98. The van der Waals surface area contributed by atoms with Crippen LogP contribution < -0.4 is 5.32 Å². The van der Waals surface area contributed by atoms with Gasteiger partial charge in [0, 0.05) is 18.0 Å². The predicted octanol–water partition coefficient (Wildman–Crippen LogP) is 2.59. The zero-order valence-electron chi connectivity index (χ0n) is 9.53. The van der Waals surface area contributed by atoms with Crippen molar-refractivity contribution in [3.63, 3.8) is 0 Å². The van der Waals surface area contributed by atoms with E-state index in [4.69, 9.17) is 11.6 Å². The maximum Gasteiger partial charge on any atom is 0.230 e. The molecule has 0 saturated carbocycles. The lowest BCUT2D eigenvalue weighted by Gasteiger charge is -2.06. The van der Waals surface area contributed by atoms with E-state index >= 15 is 0 Å². The topological polar surface area (TPSA) is 54.9 Å². The predicted molar refractivity (Wildman–Crippen MR) is 65.7 cm³/mol. The Labute approximate surface area is 112 Å². The smallest absolute Gasteiger partial charge is 0.230 e. The molecule has 0 fully saturated rings. The summed E-state index contributed by atoms with van der Waals surface area (Å²) < 4.78 is 26.7. The molecule has 98 valence electrons. The number of aromatic nitrogens is 2. The van der Waals surface area contributed by atoms with Crippen molar-refractivity contribution in [3.05, 3.63) is 52.9 Å². The molecule has 7 heteroatoms. The molecule has 0 aliphatic carbocycles. The standard InChI is InChI=1S/C12H8ClF2N3O/c13-11-12(17-5-4-16-11)18-10(19)6-7-8(14)2-1-3-9(7)15/h1-5H,6H2,(H,17,18,19). The highest BCUT2D eigenvalue weighted by atomic mass is 35.5. The molecule has 0 bridgehead atoms. The Morgan fingerprint density at radius 3 is 2.47 bits per heavy atom. The van der Waals surface area contributed by atoms with Crippen LogP contribution in [0.4, 0.5) is 14.6 Å². The van der Waals surface area contributed by atoms with Crippen LogP contribution in [0, 0.1) is 11.6 Å². The van der Waals surface area contributed by atoms with Crippen molar-refractivity contribution >= 4 is 23.3 Å². The average Bonchev–Trinajstić information content (AvgIpc) is 2.37. The van der Waals surface area contributed by atoms with Gasteiger partial charge in [-0.3, -0.25) is 4.79 Å². The largest absolute Gasteiger partial charge is 0.308 e. The maximum absolute atomic E-state index is 13.4. The van der Waals surface area contributed by atoms with Crippen LogP contribution in [0.2, 0.25) is 5.15 Å². The molecule has 0 atom stereocenters. The number of rotatable bonds is 3. The van der Waals surface area contributed by atoms with Gasteiger partial charge >= 0.3 is 0 Å². The van der Waals surface area contributed by atoms with Crippen molar-refractivity contribution < 1.29 is 13.6 Å². The van der Waals surface area contributed by atoms with E-state index in [1.807, 2.05) is 0 Å². The molecular weight excluding hydrogens is 276 g/mol. The molecule has 0 unspecified atom stereocenters. The molecule has 0 spiro atoms. The van der Waals surface area contributed by atoms with Gasteiger partial charge < -0.3 is 5.32 Å². The number of nitrogens with one attached hydrogen (secondary N) is 1. The van der Waals surface area contributed by atoms with Crippen LogP contribution >= 0.6 is 11.6 Å². The molecule has 1 N–H and O–H groups in total. The number of amides is 1. The lowest BCUT2D eigenvalue weighted by Crippen LogP contribution is -2.17. The van der Waals surface area contributed by atoms with E-state index in [-0.39, 0.29) is 16.5 Å². The summed E-state index contributed by atoms with van der Waals surface area (Å²) in [7, 11) is 0. The summed E-state index contributed by atoms with van der Waals surface area (Å²) in [6.45, 7) is 0. The van der Waals surface area contributed by atoms with E-state index in [0.29, 0.717) is 0 Å². The first-order valence-corrected chi connectivity index (χ1v) is 5.65. The van der Waals surface area contributed by atoms with Crippen LogP contribution in [0.5, 0.6) is 0 Å². The maximum atomic E-state index is 13.4. The highest BCUT2D eigenvalue weighted by Gasteiger charge is 2.14. The fourth-order valence-corrected chi connectivity index (χ4v) is 1.60. The van der Waals surface area contributed by atoms with Crippen LogP contribution in [0.3, 0.4) is 0 Å². The highest BCUT2D eigenvalue weighted by molar-refractivity contribution is 6.32. The monoisotopic (exact) mass is 283 g/mol. The zero-order chi connectivity index (χ0) is 13.8. The molecule has 2 rings (SSSR count). The van der Waals surface area contributed by atoms with Crippen molar-refractivity contribution in [1.82, 2.24) is 9.97 Å². The third kappa shape index (κ3) is 3.23. The van der Waals surface area contributed by atoms with Gasteiger partial charge in [-0.15, -0.1) is 0 Å². The SMILES string of the molecule is O=C(Cc1c(F)cccc1F)Nc1nccnc1Cl. The number of benzene rings is 1. The molecule has 0 saturated heterocycles. The molecule has 1 aromatic heterocycles. The van der Waals surface area contributed by atoms with E-state index in [1.165, 1.54) is 18.5 Å². The fraction of sp³-hybridized carbons (Fsp3) is 0.0833. The van der Waals surface area contributed by atoms with Gasteiger partial charge in [0.15, 0.2) is 11.0 Å². The van der Waals surface area contributed by atoms with Gasteiger partial charge in [-0.2, -0.15) is 0 Å². The van der Waals surface area contributed by atoms with Crippen molar-refractivity contribution in [2.75, 3.05) is 5.32 Å². The second kappa shape index (κ2) is 5.71. The lowest BCUT2D eigenvalue weighted by molar-refractivity contribution is -0.115. The van der Waals surface area contributed by atoms with Crippen LogP contribution in [0.1, 0.15) is 5.56 Å². The Balaban J connectivity index is 2.12. The third-order valence-corrected chi connectivity index (χ3v) is 2.59. The summed E-state index contributed by atoms with van der Waals surface area (Å²) in [5, 5.41) is 2.34. The van der Waals surface area contributed by atoms with Crippen molar-refractivity contribution in [2.45, 2.75) is 6.42 Å². The number of halogens is 3. The van der Waals surface area contributed by atoms with Gasteiger partial charge in [0.25, 0.3) is 0 Å². The summed E-state index contributed by atoms with van der Waals surface area (Å²) in [5.74, 6) is -2.14. The average molecular weight is 284 g/mol. The summed E-state index contributed by atoms with van der Waals surface area (Å²) >= 11 is 5.70. The van der Waals surface area contributed by atoms with E-state index in [2.05, 4.69) is 15.3 Å². The zero-order valence-corrected chi connectivity index (χ0v) is 10.3. The van der Waals surface area contributed by atoms with Crippen LogP contribution in [0.15, 0.2) is 30.6 Å². The van der Waals surface area contributed by atoms with E-state index in [9.17, 15) is 13.6 Å². The molecule has 0 aliphatic heterocycles. The molecule has 1 amide bonds. The first-order chi connectivity index (χ1) is 9.08. The van der Waals surface area contributed by atoms with Crippen LogP contribution in [-0.4, -0.2) is 15.9 Å². The Morgan fingerprint density at radius 2 is 1.84 bits per heavy atom. The van der Waals surface area contributed by atoms with Crippen LogP contribution in [0.25, 0.3) is 0 Å². The fourth-order valence-electron chi connectivity index (χ4n) is 1.44. The number of anilines is 1. The van der Waals surface area contributed by atoms with Gasteiger partial charge in [0.05, 0.1) is 6.42 Å². The minimum atomic E-state index is -0.777. The van der Waals surface area contributed by atoms with E-state index in [0.717, 1.165) is 12.1 Å². The third-order valence-electron chi connectivity index (χ3n) is 2.31. The molecular formula is C12H8ClF2N3O. The number of carbonyl (C=O) groups is 1. The number of carbonyl (C=O) groups excluding carboxylic acids is 1. The normalized spacial score (nSPS) is 10.3. The Kier molecular flexibility index (Phi) is 4.01. The first-order valence-electron chi connectivity index (χ1n) is 5.27. The van der Waals surface area contributed by atoms with Crippen LogP contribution in [-0.2, 0) is 11.2 Å². The Morgan fingerprint density at radius 1 is 1.21 bits per heavy atom. The molecule has 0 aliphatic rings. The number of nitrogens with zero attached hydrogens (tertiary/aromatic N) is 2. The molecule has 0 radical (unpaired) electrons. The van der Waals surface area contributed by atoms with Gasteiger partial charge in [0.2, 0.25) is 5.91 Å². The molecule has 4 nitrogen and oxygen atoms in total. The lowest BCUT2D eigenvalue weighted by atomic mass is 10.1. The second-order valence-electron chi connectivity index (χ2n) is 3.62. The Bertz CT molecular complexity index is 601. The number of hydrogen-bond acceptors (Lipinski definition) is 3. The Hall–Kier alpha value is -2.08.